The van der Waals surface area contributed by atoms with Gasteiger partial charge in [0.2, 0.25) is 11.8 Å². The average molecular weight is 420 g/mol. The van der Waals surface area contributed by atoms with Gasteiger partial charge in [-0.3, -0.25) is 19.0 Å². The summed E-state index contributed by atoms with van der Waals surface area (Å²) < 4.78 is 15.6. The van der Waals surface area contributed by atoms with Crippen molar-refractivity contribution >= 4 is 34.1 Å². The van der Waals surface area contributed by atoms with Crippen LogP contribution in [-0.2, 0) is 16.0 Å². The van der Waals surface area contributed by atoms with Crippen LogP contribution in [0.25, 0.3) is 10.9 Å². The van der Waals surface area contributed by atoms with Gasteiger partial charge in [-0.05, 0) is 49.2 Å². The molecule has 1 aromatic heterocycles. The predicted octanol–water partition coefficient (Wildman–Crippen LogP) is 3.57. The van der Waals surface area contributed by atoms with Crippen LogP contribution in [0, 0.1) is 5.82 Å². The molecule has 8 heteroatoms. The van der Waals surface area contributed by atoms with E-state index >= 15 is 0 Å². The summed E-state index contributed by atoms with van der Waals surface area (Å²) in [6.07, 6.45) is 3.27. The molecule has 7 nitrogen and oxygen atoms in total. The first-order valence-electron chi connectivity index (χ1n) is 9.99. The molecule has 0 radical (unpaired) electrons. The third-order valence-corrected chi connectivity index (χ3v) is 5.06. The first-order valence-corrected chi connectivity index (χ1v) is 9.99. The lowest BCUT2D eigenvalue weighted by Crippen LogP contribution is -2.25. The zero-order valence-corrected chi connectivity index (χ0v) is 16.7. The van der Waals surface area contributed by atoms with E-state index in [9.17, 15) is 18.8 Å². The number of para-hydroxylation sites is 1. The van der Waals surface area contributed by atoms with Crippen molar-refractivity contribution in [1.82, 2.24) is 9.55 Å². The van der Waals surface area contributed by atoms with Gasteiger partial charge in [-0.25, -0.2) is 9.37 Å². The third kappa shape index (κ3) is 4.53. The standard InChI is InChI=1S/C23H21FN4O3/c1-2-21(29)27-19-13-14(7-10-17(19)24)25-22(30)12-11-20-26-18-6-4-3-5-16(18)23(31)28(20)15-8-9-15/h2-7,10,13,15H,1,8-9,11-12H2,(H,25,30)(H,27,29). The van der Waals surface area contributed by atoms with E-state index < -0.39 is 11.7 Å². The molecule has 0 bridgehead atoms. The molecule has 3 aromatic rings. The van der Waals surface area contributed by atoms with Crippen LogP contribution in [0.1, 0.15) is 31.1 Å². The lowest BCUT2D eigenvalue weighted by molar-refractivity contribution is -0.116. The molecule has 0 saturated heterocycles. The van der Waals surface area contributed by atoms with Gasteiger partial charge in [-0.2, -0.15) is 0 Å². The van der Waals surface area contributed by atoms with Crippen LogP contribution in [0.15, 0.2) is 59.9 Å². The number of rotatable bonds is 7. The largest absolute Gasteiger partial charge is 0.326 e. The topological polar surface area (TPSA) is 93.1 Å². The zero-order valence-electron chi connectivity index (χ0n) is 16.7. The van der Waals surface area contributed by atoms with Crippen LogP contribution in [-0.4, -0.2) is 21.4 Å². The van der Waals surface area contributed by atoms with E-state index in [4.69, 9.17) is 0 Å². The normalized spacial score (nSPS) is 13.1. The molecule has 2 aromatic carbocycles. The number of aromatic nitrogens is 2. The SMILES string of the molecule is C=CC(=O)Nc1cc(NC(=O)CCc2nc3ccccc3c(=O)n2C2CC2)ccc1F. The minimum absolute atomic E-state index is 0.0542. The second-order valence-electron chi connectivity index (χ2n) is 7.39. The zero-order chi connectivity index (χ0) is 22.0. The Kier molecular flexibility index (Phi) is 5.62. The van der Waals surface area contributed by atoms with Gasteiger partial charge in [0.15, 0.2) is 0 Å². The first kappa shape index (κ1) is 20.5. The maximum absolute atomic E-state index is 13.9. The van der Waals surface area contributed by atoms with Crippen LogP contribution in [0.5, 0.6) is 0 Å². The number of nitrogens with one attached hydrogen (secondary N) is 2. The smallest absolute Gasteiger partial charge is 0.261 e. The monoisotopic (exact) mass is 420 g/mol. The second-order valence-corrected chi connectivity index (χ2v) is 7.39. The van der Waals surface area contributed by atoms with E-state index in [1.54, 1.807) is 16.7 Å². The summed E-state index contributed by atoms with van der Waals surface area (Å²) in [5.41, 5.74) is 0.823. The van der Waals surface area contributed by atoms with E-state index in [0.717, 1.165) is 25.0 Å². The van der Waals surface area contributed by atoms with E-state index in [1.165, 1.54) is 12.1 Å². The van der Waals surface area contributed by atoms with Gasteiger partial charge in [0.05, 0.1) is 16.6 Å². The summed E-state index contributed by atoms with van der Waals surface area (Å²) in [7, 11) is 0. The third-order valence-electron chi connectivity index (χ3n) is 5.06. The number of carbonyl (C=O) groups excluding carboxylic acids is 2. The number of carbonyl (C=O) groups is 2. The lowest BCUT2D eigenvalue weighted by atomic mass is 10.2. The maximum Gasteiger partial charge on any atom is 0.261 e. The molecule has 0 spiro atoms. The number of aryl methyl sites for hydroxylation is 1. The van der Waals surface area contributed by atoms with Gasteiger partial charge >= 0.3 is 0 Å². The van der Waals surface area contributed by atoms with Gasteiger partial charge in [-0.15, -0.1) is 0 Å². The van der Waals surface area contributed by atoms with Crippen molar-refractivity contribution in [2.45, 2.75) is 31.7 Å². The summed E-state index contributed by atoms with van der Waals surface area (Å²) in [6, 6.07) is 11.2. The molecule has 2 N–H and O–H groups in total. The van der Waals surface area contributed by atoms with Gasteiger partial charge in [-0.1, -0.05) is 18.7 Å². The minimum atomic E-state index is -0.623. The van der Waals surface area contributed by atoms with Crippen molar-refractivity contribution in [1.29, 1.82) is 0 Å². The fraction of sp³-hybridized carbons (Fsp3) is 0.217. The molecule has 1 heterocycles. The number of fused-ring (bicyclic) bond motifs is 1. The molecular formula is C23H21FN4O3. The molecule has 1 saturated carbocycles. The minimum Gasteiger partial charge on any atom is -0.326 e. The Labute approximate surface area is 177 Å². The maximum atomic E-state index is 13.9. The molecule has 1 aliphatic carbocycles. The Morgan fingerprint density at radius 1 is 1.19 bits per heavy atom. The fourth-order valence-electron chi connectivity index (χ4n) is 3.41. The summed E-state index contributed by atoms with van der Waals surface area (Å²) in [5.74, 6) is -0.901. The Bertz CT molecular complexity index is 1250. The van der Waals surface area contributed by atoms with Gasteiger partial charge in [0, 0.05) is 24.6 Å². The summed E-state index contributed by atoms with van der Waals surface area (Å²) >= 11 is 0. The molecule has 158 valence electrons. The number of hydrogen-bond donors (Lipinski definition) is 2. The van der Waals surface area contributed by atoms with Crippen LogP contribution < -0.4 is 16.2 Å². The number of amides is 2. The van der Waals surface area contributed by atoms with Gasteiger partial charge in [0.1, 0.15) is 11.6 Å². The molecule has 1 fully saturated rings. The quantitative estimate of drug-likeness (QED) is 0.572. The predicted molar refractivity (Wildman–Crippen MR) is 116 cm³/mol. The van der Waals surface area contributed by atoms with E-state index in [2.05, 4.69) is 22.2 Å². The summed E-state index contributed by atoms with van der Waals surface area (Å²) in [4.78, 5) is 41.4. The number of nitrogens with zero attached hydrogens (tertiary/aromatic N) is 2. The summed E-state index contributed by atoms with van der Waals surface area (Å²) in [5, 5.41) is 5.61. The number of benzene rings is 2. The van der Waals surface area contributed by atoms with E-state index in [1.807, 2.05) is 12.1 Å². The lowest BCUT2D eigenvalue weighted by Gasteiger charge is -2.13. The molecule has 0 aliphatic heterocycles. The van der Waals surface area contributed by atoms with Crippen LogP contribution in [0.4, 0.5) is 15.8 Å². The van der Waals surface area contributed by atoms with Crippen molar-refractivity contribution in [3.05, 3.63) is 77.1 Å². The average Bonchev–Trinajstić information content (AvgIpc) is 3.59. The molecule has 0 unspecified atom stereocenters. The molecule has 1 aliphatic rings. The Morgan fingerprint density at radius 2 is 1.97 bits per heavy atom. The van der Waals surface area contributed by atoms with Gasteiger partial charge < -0.3 is 10.6 Å². The highest BCUT2D eigenvalue weighted by Gasteiger charge is 2.28. The Hall–Kier alpha value is -3.81. The Balaban J connectivity index is 1.50. The number of halogens is 1. The van der Waals surface area contributed by atoms with Crippen molar-refractivity contribution in [2.24, 2.45) is 0 Å². The van der Waals surface area contributed by atoms with Crippen LogP contribution in [0.2, 0.25) is 0 Å². The fourth-order valence-corrected chi connectivity index (χ4v) is 3.41. The van der Waals surface area contributed by atoms with Crippen molar-refractivity contribution in [3.8, 4) is 0 Å². The molecule has 2 amide bonds. The van der Waals surface area contributed by atoms with Crippen LogP contribution in [0.3, 0.4) is 0 Å². The van der Waals surface area contributed by atoms with Crippen molar-refractivity contribution in [2.75, 3.05) is 10.6 Å². The summed E-state index contributed by atoms with van der Waals surface area (Å²) in [6.45, 7) is 3.32. The molecule has 0 atom stereocenters. The van der Waals surface area contributed by atoms with Gasteiger partial charge in [0.25, 0.3) is 5.56 Å². The highest BCUT2D eigenvalue weighted by molar-refractivity contribution is 5.99. The highest BCUT2D eigenvalue weighted by atomic mass is 19.1. The van der Waals surface area contributed by atoms with E-state index in [0.29, 0.717) is 28.8 Å². The van der Waals surface area contributed by atoms with Crippen molar-refractivity contribution < 1.29 is 14.0 Å². The Morgan fingerprint density at radius 3 is 2.71 bits per heavy atom. The van der Waals surface area contributed by atoms with Crippen LogP contribution >= 0.6 is 0 Å². The molecule has 31 heavy (non-hydrogen) atoms. The highest BCUT2D eigenvalue weighted by Crippen LogP contribution is 2.35. The first-order chi connectivity index (χ1) is 15.0. The van der Waals surface area contributed by atoms with E-state index in [-0.39, 0.29) is 29.6 Å². The molecular weight excluding hydrogens is 399 g/mol. The second kappa shape index (κ2) is 8.51. The molecule has 4 rings (SSSR count). The number of hydrogen-bond acceptors (Lipinski definition) is 4. The van der Waals surface area contributed by atoms with Crippen molar-refractivity contribution in [3.63, 3.8) is 0 Å². The number of anilines is 2.